The van der Waals surface area contributed by atoms with Crippen LogP contribution in [0.3, 0.4) is 0 Å². The Bertz CT molecular complexity index is 224. The quantitative estimate of drug-likeness (QED) is 0.493. The molecule has 12 heavy (non-hydrogen) atoms. The molecule has 0 heterocycles. The molecule has 3 nitrogen and oxygen atoms in total. The molecule has 0 amide bonds. The van der Waals surface area contributed by atoms with E-state index >= 15 is 0 Å². The van der Waals surface area contributed by atoms with Gasteiger partial charge in [-0.25, -0.2) is 4.99 Å². The summed E-state index contributed by atoms with van der Waals surface area (Å²) in [5.74, 6) is 0.702. The van der Waals surface area contributed by atoms with Gasteiger partial charge in [-0.15, -0.1) is 0 Å². The first-order valence-electron chi connectivity index (χ1n) is 3.95. The molecular weight excluding hydrogens is 150 g/mol. The van der Waals surface area contributed by atoms with Crippen LogP contribution in [0.2, 0.25) is 0 Å². The third-order valence-electron chi connectivity index (χ3n) is 1.67. The van der Waals surface area contributed by atoms with Crippen molar-refractivity contribution < 1.29 is 0 Å². The lowest BCUT2D eigenvalue weighted by atomic mass is 10.0. The molecule has 0 aromatic heterocycles. The number of hydrogen-bond donors (Lipinski definition) is 1. The number of guanidine groups is 1. The summed E-state index contributed by atoms with van der Waals surface area (Å²) >= 11 is 0. The molecule has 0 bridgehead atoms. The van der Waals surface area contributed by atoms with E-state index in [-0.39, 0.29) is 0 Å². The van der Waals surface area contributed by atoms with Crippen LogP contribution >= 0.6 is 0 Å². The number of nitrogens with zero attached hydrogens (tertiary/aromatic N) is 2. The largest absolute Gasteiger partial charge is 0.368 e. The van der Waals surface area contributed by atoms with Crippen LogP contribution in [0.1, 0.15) is 20.8 Å². The van der Waals surface area contributed by atoms with E-state index in [0.717, 1.165) is 11.3 Å². The molecule has 0 aliphatic rings. The SMILES string of the molecule is C=C(/C(C)=N\C(N)=NC)C(C)C. The van der Waals surface area contributed by atoms with E-state index in [4.69, 9.17) is 5.73 Å². The number of allylic oxidation sites excluding steroid dienone is 1. The number of rotatable bonds is 2. The van der Waals surface area contributed by atoms with Crippen molar-refractivity contribution in [3.05, 3.63) is 12.2 Å². The molecule has 0 aromatic carbocycles. The van der Waals surface area contributed by atoms with Crippen molar-refractivity contribution in [1.29, 1.82) is 0 Å². The molecule has 68 valence electrons. The van der Waals surface area contributed by atoms with Crippen molar-refractivity contribution in [3.63, 3.8) is 0 Å². The summed E-state index contributed by atoms with van der Waals surface area (Å²) in [6.45, 7) is 9.93. The Balaban J connectivity index is 4.49. The van der Waals surface area contributed by atoms with Crippen LogP contribution in [0.25, 0.3) is 0 Å². The van der Waals surface area contributed by atoms with Gasteiger partial charge in [0.25, 0.3) is 0 Å². The van der Waals surface area contributed by atoms with Gasteiger partial charge < -0.3 is 5.73 Å². The molecule has 0 spiro atoms. The third kappa shape index (κ3) is 3.32. The molecule has 0 aliphatic carbocycles. The van der Waals surface area contributed by atoms with Gasteiger partial charge in [0, 0.05) is 12.8 Å². The van der Waals surface area contributed by atoms with Gasteiger partial charge in [0.2, 0.25) is 5.96 Å². The van der Waals surface area contributed by atoms with E-state index < -0.39 is 0 Å². The maximum Gasteiger partial charge on any atom is 0.215 e. The zero-order valence-electron chi connectivity index (χ0n) is 8.26. The predicted octanol–water partition coefficient (Wildman–Crippen LogP) is 1.60. The van der Waals surface area contributed by atoms with Gasteiger partial charge in [0.1, 0.15) is 0 Å². The highest BCUT2D eigenvalue weighted by atomic mass is 15.0. The Hall–Kier alpha value is -1.12. The number of nitrogens with two attached hydrogens (primary N) is 1. The molecule has 0 atom stereocenters. The molecule has 2 N–H and O–H groups in total. The first-order valence-corrected chi connectivity index (χ1v) is 3.95. The summed E-state index contributed by atoms with van der Waals surface area (Å²) in [7, 11) is 1.62. The molecule has 0 rings (SSSR count). The van der Waals surface area contributed by atoms with Gasteiger partial charge >= 0.3 is 0 Å². The van der Waals surface area contributed by atoms with Gasteiger partial charge in [-0.2, -0.15) is 0 Å². The van der Waals surface area contributed by atoms with Crippen LogP contribution in [0.4, 0.5) is 0 Å². The van der Waals surface area contributed by atoms with Crippen LogP contribution in [0, 0.1) is 5.92 Å². The summed E-state index contributed by atoms with van der Waals surface area (Å²) in [5.41, 5.74) is 7.29. The summed E-state index contributed by atoms with van der Waals surface area (Å²) < 4.78 is 0. The first kappa shape index (κ1) is 10.9. The molecule has 3 heteroatoms. The third-order valence-corrected chi connectivity index (χ3v) is 1.67. The van der Waals surface area contributed by atoms with E-state index in [9.17, 15) is 0 Å². The zero-order chi connectivity index (χ0) is 9.72. The smallest absolute Gasteiger partial charge is 0.215 e. The maximum absolute atomic E-state index is 5.43. The summed E-state index contributed by atoms with van der Waals surface area (Å²) in [5, 5.41) is 0. The fourth-order valence-corrected chi connectivity index (χ4v) is 0.711. The molecular formula is C9H17N3. The lowest BCUT2D eigenvalue weighted by Crippen LogP contribution is -2.13. The average Bonchev–Trinajstić information content (AvgIpc) is 2.02. The fraction of sp³-hybridized carbons (Fsp3) is 0.556. The van der Waals surface area contributed by atoms with E-state index in [0.29, 0.717) is 11.9 Å². The van der Waals surface area contributed by atoms with E-state index in [2.05, 4.69) is 30.4 Å². The predicted molar refractivity (Wildman–Crippen MR) is 54.6 cm³/mol. The molecule has 0 fully saturated rings. The van der Waals surface area contributed by atoms with Crippen molar-refractivity contribution in [3.8, 4) is 0 Å². The van der Waals surface area contributed by atoms with Crippen LogP contribution < -0.4 is 5.73 Å². The van der Waals surface area contributed by atoms with Crippen molar-refractivity contribution in [1.82, 2.24) is 0 Å². The molecule has 0 unspecified atom stereocenters. The normalized spacial score (nSPS) is 13.8. The summed E-state index contributed by atoms with van der Waals surface area (Å²) in [4.78, 5) is 7.80. The Morgan fingerprint density at radius 3 is 2.25 bits per heavy atom. The second kappa shape index (κ2) is 4.70. The second-order valence-electron chi connectivity index (χ2n) is 2.96. The van der Waals surface area contributed by atoms with Crippen LogP contribution in [0.5, 0.6) is 0 Å². The van der Waals surface area contributed by atoms with Gasteiger partial charge in [-0.1, -0.05) is 20.4 Å². The van der Waals surface area contributed by atoms with E-state index in [1.54, 1.807) is 7.05 Å². The molecule has 0 radical (unpaired) electrons. The topological polar surface area (TPSA) is 50.7 Å². The standard InChI is InChI=1S/C9H17N3/c1-6(2)7(3)8(4)12-9(10)11-5/h6H,3H2,1-2,4-5H3,(H2,10,11)/b12-8-. The summed E-state index contributed by atoms with van der Waals surface area (Å²) in [6, 6.07) is 0. The van der Waals surface area contributed by atoms with Crippen LogP contribution in [0.15, 0.2) is 22.1 Å². The lowest BCUT2D eigenvalue weighted by Gasteiger charge is -2.07. The summed E-state index contributed by atoms with van der Waals surface area (Å²) in [6.07, 6.45) is 0. The highest BCUT2D eigenvalue weighted by Crippen LogP contribution is 2.08. The molecule has 0 saturated heterocycles. The van der Waals surface area contributed by atoms with E-state index in [1.807, 2.05) is 6.92 Å². The maximum atomic E-state index is 5.43. The molecule has 0 saturated carbocycles. The van der Waals surface area contributed by atoms with Gasteiger partial charge in [-0.05, 0) is 18.4 Å². The Kier molecular flexibility index (Phi) is 4.26. The highest BCUT2D eigenvalue weighted by molar-refractivity contribution is 6.04. The number of hydrogen-bond acceptors (Lipinski definition) is 1. The van der Waals surface area contributed by atoms with Crippen molar-refractivity contribution in [2.24, 2.45) is 21.6 Å². The Morgan fingerprint density at radius 2 is 1.92 bits per heavy atom. The number of aliphatic imine (C=N–C) groups is 2. The minimum atomic E-state index is 0.300. The van der Waals surface area contributed by atoms with Crippen molar-refractivity contribution >= 4 is 11.7 Å². The van der Waals surface area contributed by atoms with Gasteiger partial charge in [0.05, 0.1) is 0 Å². The lowest BCUT2D eigenvalue weighted by molar-refractivity contribution is 0.805. The first-order chi connectivity index (χ1) is 5.49. The van der Waals surface area contributed by atoms with Gasteiger partial charge in [0.15, 0.2) is 0 Å². The van der Waals surface area contributed by atoms with Gasteiger partial charge in [-0.3, -0.25) is 4.99 Å². The minimum Gasteiger partial charge on any atom is -0.368 e. The van der Waals surface area contributed by atoms with Crippen molar-refractivity contribution in [2.75, 3.05) is 7.05 Å². The average molecular weight is 167 g/mol. The van der Waals surface area contributed by atoms with E-state index in [1.165, 1.54) is 0 Å². The van der Waals surface area contributed by atoms with Crippen LogP contribution in [-0.2, 0) is 0 Å². The minimum absolute atomic E-state index is 0.300. The zero-order valence-corrected chi connectivity index (χ0v) is 8.26. The molecule has 0 aromatic rings. The fourth-order valence-electron chi connectivity index (χ4n) is 0.711. The Morgan fingerprint density at radius 1 is 1.42 bits per heavy atom. The second-order valence-corrected chi connectivity index (χ2v) is 2.96. The molecule has 0 aliphatic heterocycles. The highest BCUT2D eigenvalue weighted by Gasteiger charge is 2.03. The Labute approximate surface area is 74.1 Å². The van der Waals surface area contributed by atoms with Crippen molar-refractivity contribution in [2.45, 2.75) is 20.8 Å². The van der Waals surface area contributed by atoms with Crippen LogP contribution in [-0.4, -0.2) is 18.7 Å². The monoisotopic (exact) mass is 167 g/mol.